The molecule has 0 N–H and O–H groups in total. The van der Waals surface area contributed by atoms with Gasteiger partial charge in [0.25, 0.3) is 0 Å². The molecule has 15 heavy (non-hydrogen) atoms. The predicted octanol–water partition coefficient (Wildman–Crippen LogP) is 3.91. The van der Waals surface area contributed by atoms with Gasteiger partial charge in [0.1, 0.15) is 5.03 Å². The van der Waals surface area contributed by atoms with Crippen molar-refractivity contribution in [1.29, 1.82) is 0 Å². The van der Waals surface area contributed by atoms with Crippen molar-refractivity contribution in [3.05, 3.63) is 34.8 Å². The van der Waals surface area contributed by atoms with E-state index in [1.807, 2.05) is 18.2 Å². The first-order chi connectivity index (χ1) is 7.43. The third-order valence-corrected chi connectivity index (χ3v) is 3.93. The van der Waals surface area contributed by atoms with Gasteiger partial charge < -0.3 is 0 Å². The minimum atomic E-state index is 0.602. The maximum atomic E-state index is 8.06. The van der Waals surface area contributed by atoms with E-state index in [-0.39, 0.29) is 0 Å². The minimum Gasteiger partial charge on any atom is -0.249 e. The van der Waals surface area contributed by atoms with E-state index in [9.17, 15) is 0 Å². The Morgan fingerprint density at radius 2 is 2.33 bits per heavy atom. The molecular formula is C9H12N4S2. The number of azide groups is 1. The summed E-state index contributed by atoms with van der Waals surface area (Å²) in [4.78, 5) is 6.91. The van der Waals surface area contributed by atoms with E-state index in [0.717, 1.165) is 23.6 Å². The van der Waals surface area contributed by atoms with Crippen molar-refractivity contribution in [3.63, 3.8) is 0 Å². The third kappa shape index (κ3) is 6.28. The number of hydrogen-bond acceptors (Lipinski definition) is 4. The van der Waals surface area contributed by atoms with E-state index < -0.39 is 0 Å². The first-order valence-corrected chi connectivity index (χ1v) is 6.97. The molecule has 1 aromatic heterocycles. The molecule has 0 aliphatic heterocycles. The molecule has 0 saturated carbocycles. The van der Waals surface area contributed by atoms with Crippen LogP contribution in [0.3, 0.4) is 0 Å². The monoisotopic (exact) mass is 240 g/mol. The average Bonchev–Trinajstić information content (AvgIpc) is 2.29. The smallest absolute Gasteiger partial charge is 0.106 e. The van der Waals surface area contributed by atoms with Gasteiger partial charge in [-0.3, -0.25) is 0 Å². The molecule has 0 aliphatic carbocycles. The van der Waals surface area contributed by atoms with E-state index in [0.29, 0.717) is 6.54 Å². The van der Waals surface area contributed by atoms with Crippen LogP contribution in [0.2, 0.25) is 0 Å². The van der Waals surface area contributed by atoms with Crippen molar-refractivity contribution >= 4 is 21.6 Å². The SMILES string of the molecule is [N-]=[N+]=NCCCCSSc1ccccn1. The second-order valence-electron chi connectivity index (χ2n) is 2.73. The molecule has 0 atom stereocenters. The molecule has 0 aromatic carbocycles. The molecule has 4 nitrogen and oxygen atoms in total. The van der Waals surface area contributed by atoms with E-state index in [4.69, 9.17) is 5.53 Å². The lowest BCUT2D eigenvalue weighted by Gasteiger charge is -1.98. The zero-order valence-corrected chi connectivity index (χ0v) is 9.88. The molecule has 0 bridgehead atoms. The maximum absolute atomic E-state index is 8.06. The molecule has 0 amide bonds. The van der Waals surface area contributed by atoms with E-state index in [1.54, 1.807) is 27.8 Å². The molecular weight excluding hydrogens is 228 g/mol. The van der Waals surface area contributed by atoms with E-state index >= 15 is 0 Å². The molecule has 1 rings (SSSR count). The summed E-state index contributed by atoms with van der Waals surface area (Å²) in [5, 5.41) is 4.52. The standard InChI is InChI=1S/C9H12N4S2/c10-13-12-7-3-4-8-14-15-9-5-1-2-6-11-9/h1-2,5-6H,3-4,7-8H2. The largest absolute Gasteiger partial charge is 0.249 e. The van der Waals surface area contributed by atoms with Gasteiger partial charge in [-0.2, -0.15) is 0 Å². The van der Waals surface area contributed by atoms with Crippen LogP contribution in [-0.2, 0) is 0 Å². The summed E-state index contributed by atoms with van der Waals surface area (Å²) in [5.41, 5.74) is 8.06. The van der Waals surface area contributed by atoms with Crippen LogP contribution in [0, 0.1) is 0 Å². The molecule has 80 valence electrons. The van der Waals surface area contributed by atoms with Crippen LogP contribution in [0.5, 0.6) is 0 Å². The van der Waals surface area contributed by atoms with Crippen LogP contribution in [0.4, 0.5) is 0 Å². The number of nitrogens with zero attached hydrogens (tertiary/aromatic N) is 4. The van der Waals surface area contributed by atoms with Crippen molar-refractivity contribution in [2.24, 2.45) is 5.11 Å². The highest BCUT2D eigenvalue weighted by Crippen LogP contribution is 2.29. The number of aromatic nitrogens is 1. The second kappa shape index (κ2) is 8.47. The molecule has 0 spiro atoms. The van der Waals surface area contributed by atoms with Crippen LogP contribution in [-0.4, -0.2) is 17.3 Å². The first kappa shape index (κ1) is 12.2. The van der Waals surface area contributed by atoms with Crippen molar-refractivity contribution in [2.45, 2.75) is 17.9 Å². The molecule has 1 aromatic rings. The van der Waals surface area contributed by atoms with Gasteiger partial charge in [-0.1, -0.05) is 22.0 Å². The van der Waals surface area contributed by atoms with Gasteiger partial charge in [-0.05, 0) is 41.3 Å². The average molecular weight is 240 g/mol. The summed E-state index contributed by atoms with van der Waals surface area (Å²) in [7, 11) is 3.47. The van der Waals surface area contributed by atoms with Gasteiger partial charge >= 0.3 is 0 Å². The Hall–Kier alpha value is -0.840. The van der Waals surface area contributed by atoms with Gasteiger partial charge in [0.05, 0.1) is 0 Å². The number of hydrogen-bond donors (Lipinski definition) is 0. The summed E-state index contributed by atoms with van der Waals surface area (Å²) in [6.45, 7) is 0.602. The van der Waals surface area contributed by atoms with Crippen LogP contribution in [0.1, 0.15) is 12.8 Å². The Kier molecular flexibility index (Phi) is 6.90. The number of rotatable bonds is 7. The highest BCUT2D eigenvalue weighted by atomic mass is 33.1. The summed E-state index contributed by atoms with van der Waals surface area (Å²) in [5.74, 6) is 1.06. The second-order valence-corrected chi connectivity index (χ2v) is 5.17. The van der Waals surface area contributed by atoms with Crippen molar-refractivity contribution < 1.29 is 0 Å². The van der Waals surface area contributed by atoms with Gasteiger partial charge in [-0.15, -0.1) is 0 Å². The molecule has 0 aliphatic rings. The molecule has 0 fully saturated rings. The van der Waals surface area contributed by atoms with Crippen molar-refractivity contribution in [1.82, 2.24) is 4.98 Å². The van der Waals surface area contributed by atoms with Crippen LogP contribution in [0.25, 0.3) is 10.4 Å². The lowest BCUT2D eigenvalue weighted by molar-refractivity contribution is 0.811. The van der Waals surface area contributed by atoms with Gasteiger partial charge in [0, 0.05) is 23.4 Å². The molecule has 0 radical (unpaired) electrons. The summed E-state index contributed by atoms with van der Waals surface area (Å²) >= 11 is 0. The summed E-state index contributed by atoms with van der Waals surface area (Å²) in [6.07, 6.45) is 3.83. The Labute approximate surface area is 96.9 Å². The summed E-state index contributed by atoms with van der Waals surface area (Å²) < 4.78 is 0. The molecule has 0 unspecified atom stereocenters. The van der Waals surface area contributed by atoms with Crippen molar-refractivity contribution in [3.8, 4) is 0 Å². The fourth-order valence-electron chi connectivity index (χ4n) is 0.887. The van der Waals surface area contributed by atoms with Gasteiger partial charge in [0.2, 0.25) is 0 Å². The van der Waals surface area contributed by atoms with Gasteiger partial charge in [-0.25, -0.2) is 4.98 Å². The predicted molar refractivity (Wildman–Crippen MR) is 65.8 cm³/mol. The summed E-state index contributed by atoms with van der Waals surface area (Å²) in [6, 6.07) is 5.89. The molecule has 6 heteroatoms. The Balaban J connectivity index is 2.00. The Morgan fingerprint density at radius 3 is 3.07 bits per heavy atom. The maximum Gasteiger partial charge on any atom is 0.106 e. The van der Waals surface area contributed by atoms with Gasteiger partial charge in [0.15, 0.2) is 0 Å². The fraction of sp³-hybridized carbons (Fsp3) is 0.444. The van der Waals surface area contributed by atoms with Crippen LogP contribution < -0.4 is 0 Å². The molecule has 0 saturated heterocycles. The molecule has 1 heterocycles. The number of unbranched alkanes of at least 4 members (excludes halogenated alkanes) is 1. The fourth-order valence-corrected chi connectivity index (χ4v) is 2.91. The van der Waals surface area contributed by atoms with Crippen LogP contribution in [0.15, 0.2) is 34.5 Å². The third-order valence-electron chi connectivity index (χ3n) is 1.58. The highest BCUT2D eigenvalue weighted by molar-refractivity contribution is 8.76. The lowest BCUT2D eigenvalue weighted by atomic mass is 10.3. The number of pyridine rings is 1. The zero-order valence-electron chi connectivity index (χ0n) is 8.24. The minimum absolute atomic E-state index is 0.602. The van der Waals surface area contributed by atoms with E-state index in [2.05, 4.69) is 15.0 Å². The highest BCUT2D eigenvalue weighted by Gasteiger charge is 1.94. The zero-order chi connectivity index (χ0) is 10.8. The van der Waals surface area contributed by atoms with Crippen LogP contribution >= 0.6 is 21.6 Å². The van der Waals surface area contributed by atoms with Crippen molar-refractivity contribution in [2.75, 3.05) is 12.3 Å². The normalized spacial score (nSPS) is 9.60. The quantitative estimate of drug-likeness (QED) is 0.239. The Bertz CT molecular complexity index is 311. The first-order valence-electron chi connectivity index (χ1n) is 4.65. The lowest BCUT2D eigenvalue weighted by Crippen LogP contribution is -1.82. The van der Waals surface area contributed by atoms with E-state index in [1.165, 1.54) is 0 Å². The Morgan fingerprint density at radius 1 is 1.40 bits per heavy atom. The topological polar surface area (TPSA) is 61.7 Å².